The molecule has 2 aromatic carbocycles. The van der Waals surface area contributed by atoms with Crippen molar-refractivity contribution in [3.63, 3.8) is 0 Å². The maximum atomic E-state index is 14.8. The number of hydrogen-bond donors (Lipinski definition) is 1. The summed E-state index contributed by atoms with van der Waals surface area (Å²) in [5.74, 6) is -0.130. The molecule has 1 unspecified atom stereocenters. The summed E-state index contributed by atoms with van der Waals surface area (Å²) in [7, 11) is 1.63. The molecule has 3 aliphatic heterocycles. The smallest absolute Gasteiger partial charge is 0.286 e. The highest BCUT2D eigenvalue weighted by Crippen LogP contribution is 2.47. The zero-order valence-corrected chi connectivity index (χ0v) is 36.3. The van der Waals surface area contributed by atoms with Gasteiger partial charge in [0.1, 0.15) is 21.2 Å². The van der Waals surface area contributed by atoms with Crippen molar-refractivity contribution >= 4 is 39.0 Å². The van der Waals surface area contributed by atoms with E-state index >= 15 is 0 Å². The van der Waals surface area contributed by atoms with E-state index in [9.17, 15) is 13.8 Å². The quantitative estimate of drug-likeness (QED) is 0.293. The van der Waals surface area contributed by atoms with E-state index in [4.69, 9.17) is 25.8 Å². The van der Waals surface area contributed by atoms with Crippen molar-refractivity contribution in [2.75, 3.05) is 83.8 Å². The van der Waals surface area contributed by atoms with Gasteiger partial charge in [0.15, 0.2) is 0 Å². The molecule has 1 N–H and O–H groups in total. The highest BCUT2D eigenvalue weighted by Gasteiger charge is 2.44. The van der Waals surface area contributed by atoms with E-state index in [1.807, 2.05) is 25.1 Å². The van der Waals surface area contributed by atoms with Gasteiger partial charge in [-0.3, -0.25) is 23.9 Å². The van der Waals surface area contributed by atoms with Crippen molar-refractivity contribution < 1.29 is 28.0 Å². The first-order valence-electron chi connectivity index (χ1n) is 21.1. The van der Waals surface area contributed by atoms with E-state index in [2.05, 4.69) is 60.2 Å². The molecule has 13 nitrogen and oxygen atoms in total. The van der Waals surface area contributed by atoms with E-state index in [0.29, 0.717) is 43.8 Å². The largest absolute Gasteiger partial charge is 0.490 e. The molecule has 2 fully saturated rings. The fourth-order valence-electron chi connectivity index (χ4n) is 9.66. The minimum Gasteiger partial charge on any atom is -0.490 e. The highest BCUT2D eigenvalue weighted by molar-refractivity contribution is 7.92. The molecule has 1 saturated heterocycles. The molecule has 1 saturated carbocycles. The maximum Gasteiger partial charge on any atom is 0.286 e. The number of likely N-dealkylation sites (N-methyl/N-ethyl adjacent to an activating group) is 1. The standard InChI is InChI=1S/C44H58ClN7O6S/c1-30-7-5-9-39(57-22-21-51-19-17-49(2)18-20-51)35-13-10-33(35)25-52-28-44(16-6-8-31-23-34(45)12-14-37(31)44)29-58-40-15-11-32(24-38(40)52)41(53)47-59(55,27-30)48-42(54)36-26-50(3)46-43(36)56-4/h5,9,11-12,14-15,23-24,26,30,33,35,39H,6-8,10,13,16-22,25,27-29H2,1-4H3,(H,47,48,53,54,55)/b9-5+/t30-,33-,35+,39-,44-,59?/m0/s1. The normalized spacial score (nSPS) is 29.6. The van der Waals surface area contributed by atoms with E-state index in [1.54, 1.807) is 13.1 Å². The summed E-state index contributed by atoms with van der Waals surface area (Å²) >= 11 is 6.52. The van der Waals surface area contributed by atoms with Crippen molar-refractivity contribution in [1.82, 2.24) is 24.3 Å². The van der Waals surface area contributed by atoms with Crippen LogP contribution in [0, 0.1) is 17.8 Å². The Morgan fingerprint density at radius 1 is 1.12 bits per heavy atom. The second kappa shape index (κ2) is 17.6. The third kappa shape index (κ3) is 9.22. The van der Waals surface area contributed by atoms with Crippen LogP contribution in [0.25, 0.3) is 0 Å². The molecule has 15 heteroatoms. The monoisotopic (exact) mass is 847 g/mol. The maximum absolute atomic E-state index is 14.8. The first-order chi connectivity index (χ1) is 28.4. The number of fused-ring (bicyclic) bond motifs is 4. The Morgan fingerprint density at radius 3 is 2.73 bits per heavy atom. The summed E-state index contributed by atoms with van der Waals surface area (Å²) < 4.78 is 42.1. The van der Waals surface area contributed by atoms with E-state index in [1.165, 1.54) is 29.1 Å². The number of methoxy groups -OCH3 is 1. The molecule has 3 aromatic rings. The Kier molecular flexibility index (Phi) is 12.4. The number of rotatable bonds is 7. The number of ether oxygens (including phenoxy) is 3. The summed E-state index contributed by atoms with van der Waals surface area (Å²) in [5, 5.41) is 4.92. The molecule has 59 heavy (non-hydrogen) atoms. The lowest BCUT2D eigenvalue weighted by molar-refractivity contribution is -0.0235. The van der Waals surface area contributed by atoms with Crippen LogP contribution in [-0.4, -0.2) is 121 Å². The minimum atomic E-state index is -3.63. The summed E-state index contributed by atoms with van der Waals surface area (Å²) in [6.07, 6.45) is 11.4. The number of anilines is 1. The first-order valence-corrected chi connectivity index (χ1v) is 23.2. The third-order valence-electron chi connectivity index (χ3n) is 13.0. The summed E-state index contributed by atoms with van der Waals surface area (Å²) in [6.45, 7) is 9.65. The third-order valence-corrected chi connectivity index (χ3v) is 15.3. The van der Waals surface area contributed by atoms with Crippen LogP contribution in [0.5, 0.6) is 11.6 Å². The van der Waals surface area contributed by atoms with Gasteiger partial charge in [-0.15, -0.1) is 9.46 Å². The molecule has 4 heterocycles. The molecule has 2 amide bonds. The van der Waals surface area contributed by atoms with Crippen LogP contribution < -0.4 is 19.1 Å². The number of piperazine rings is 1. The summed E-state index contributed by atoms with van der Waals surface area (Å²) in [4.78, 5) is 35.1. The Labute approximate surface area is 353 Å². The van der Waals surface area contributed by atoms with Crippen molar-refractivity contribution in [3.05, 3.63) is 82.0 Å². The fraction of sp³-hybridized carbons (Fsp3) is 0.568. The second-order valence-electron chi connectivity index (χ2n) is 17.4. The predicted octanol–water partition coefficient (Wildman–Crippen LogP) is 5.76. The average Bonchev–Trinajstić information content (AvgIpc) is 3.51. The van der Waals surface area contributed by atoms with Gasteiger partial charge in [-0.2, -0.15) is 0 Å². The molecule has 6 atom stereocenters. The lowest BCUT2D eigenvalue weighted by atomic mass is 9.68. The van der Waals surface area contributed by atoms with Gasteiger partial charge in [0, 0.05) is 75.1 Å². The zero-order valence-electron chi connectivity index (χ0n) is 34.7. The Bertz CT molecular complexity index is 2200. The average molecular weight is 849 g/mol. The van der Waals surface area contributed by atoms with Crippen molar-refractivity contribution in [2.45, 2.75) is 57.0 Å². The van der Waals surface area contributed by atoms with Crippen LogP contribution in [0.3, 0.4) is 0 Å². The number of hydrogen-bond acceptors (Lipinski definition) is 10. The van der Waals surface area contributed by atoms with Crippen LogP contribution >= 0.6 is 11.6 Å². The van der Waals surface area contributed by atoms with Crippen LogP contribution in [0.4, 0.5) is 5.69 Å². The van der Waals surface area contributed by atoms with Gasteiger partial charge in [-0.25, -0.2) is 4.21 Å². The number of nitrogens with one attached hydrogen (secondary N) is 1. The van der Waals surface area contributed by atoms with Crippen LogP contribution in [-0.2, 0) is 33.5 Å². The minimum absolute atomic E-state index is 0.0372. The number of nitrogens with zero attached hydrogens (tertiary/aromatic N) is 6. The van der Waals surface area contributed by atoms with Gasteiger partial charge in [-0.05, 0) is 105 Å². The molecule has 1 spiro atoms. The Balaban J connectivity index is 1.16. The molecule has 8 rings (SSSR count). The number of carbonyl (C=O) groups is 2. The Morgan fingerprint density at radius 2 is 1.95 bits per heavy atom. The number of halogens is 1. The fourth-order valence-corrected chi connectivity index (χ4v) is 11.7. The number of aryl methyl sites for hydroxylation is 2. The van der Waals surface area contributed by atoms with E-state index in [-0.39, 0.29) is 40.2 Å². The van der Waals surface area contributed by atoms with Crippen molar-refractivity contribution in [3.8, 4) is 11.6 Å². The summed E-state index contributed by atoms with van der Waals surface area (Å²) in [6, 6.07) is 11.6. The second-order valence-corrected chi connectivity index (χ2v) is 19.8. The molecular weight excluding hydrogens is 790 g/mol. The van der Waals surface area contributed by atoms with Crippen LogP contribution in [0.1, 0.15) is 70.9 Å². The molecule has 2 aliphatic carbocycles. The molecule has 2 bridgehead atoms. The van der Waals surface area contributed by atoms with Gasteiger partial charge < -0.3 is 24.0 Å². The lowest BCUT2D eigenvalue weighted by Crippen LogP contribution is -2.50. The van der Waals surface area contributed by atoms with E-state index < -0.39 is 21.7 Å². The predicted molar refractivity (Wildman–Crippen MR) is 230 cm³/mol. The topological polar surface area (TPSA) is 131 Å². The molecule has 1 aromatic heterocycles. The number of aromatic nitrogens is 2. The molecular formula is C44H58ClN7O6S. The number of benzene rings is 2. The lowest BCUT2D eigenvalue weighted by Gasteiger charge is -2.46. The number of carbonyl (C=O) groups excluding carboxylic acids is 2. The van der Waals surface area contributed by atoms with Gasteiger partial charge in [-0.1, -0.05) is 36.7 Å². The number of amides is 2. The van der Waals surface area contributed by atoms with Crippen molar-refractivity contribution in [2.24, 2.45) is 29.2 Å². The van der Waals surface area contributed by atoms with Crippen LogP contribution in [0.15, 0.2) is 59.1 Å². The van der Waals surface area contributed by atoms with Gasteiger partial charge in [0.2, 0.25) is 5.88 Å². The molecule has 0 radical (unpaired) electrons. The highest BCUT2D eigenvalue weighted by atomic mass is 35.5. The van der Waals surface area contributed by atoms with Crippen LogP contribution in [0.2, 0.25) is 5.02 Å². The van der Waals surface area contributed by atoms with Gasteiger partial charge in [0.25, 0.3) is 11.8 Å². The zero-order chi connectivity index (χ0) is 41.3. The first kappa shape index (κ1) is 41.8. The number of allylic oxidation sites excluding steroid dienone is 1. The Hall–Kier alpha value is -3.95. The molecule has 318 valence electrons. The van der Waals surface area contributed by atoms with E-state index in [0.717, 1.165) is 82.1 Å². The molecule has 5 aliphatic rings. The van der Waals surface area contributed by atoms with Gasteiger partial charge >= 0.3 is 0 Å². The van der Waals surface area contributed by atoms with Crippen molar-refractivity contribution in [1.29, 1.82) is 0 Å². The van der Waals surface area contributed by atoms with Gasteiger partial charge in [0.05, 0.1) is 37.9 Å². The summed E-state index contributed by atoms with van der Waals surface area (Å²) in [5.41, 5.74) is 3.44. The SMILES string of the molecule is COc1nn(C)cc1C(=O)NS1(=O)=NC(=O)c2ccc3c(c2)N(C[C@@H]2CC[C@H]2[C@@H](OCCN2CCN(C)CC2)/C=C/C[C@H](C)C1)C[C@@]1(CCCc2cc(Cl)ccc21)CO3.